The van der Waals surface area contributed by atoms with Crippen molar-refractivity contribution in [2.45, 2.75) is 13.8 Å². The highest BCUT2D eigenvalue weighted by Crippen LogP contribution is 2.09. The molecule has 0 aliphatic carbocycles. The summed E-state index contributed by atoms with van der Waals surface area (Å²) in [5.74, 6) is -0.0710. The number of carbonyl (C=O) groups excluding carboxylic acids is 1. The van der Waals surface area contributed by atoms with Gasteiger partial charge in [0.2, 0.25) is 0 Å². The molecule has 1 aliphatic rings. The number of H-pyrrole nitrogens is 1. The van der Waals surface area contributed by atoms with Gasteiger partial charge in [-0.25, -0.2) is 5.01 Å². The number of aromatic amines is 1. The van der Waals surface area contributed by atoms with E-state index < -0.39 is 0 Å². The Hall–Kier alpha value is -1.40. The number of piperazine rings is 1. The van der Waals surface area contributed by atoms with E-state index in [0.717, 1.165) is 37.6 Å². The highest BCUT2D eigenvalue weighted by molar-refractivity contribution is 5.95. The van der Waals surface area contributed by atoms with Gasteiger partial charge in [-0.3, -0.25) is 15.3 Å². The summed E-state index contributed by atoms with van der Waals surface area (Å²) < 4.78 is 0. The molecule has 1 aromatic heterocycles. The number of aryl methyl sites for hydroxylation is 2. The lowest BCUT2D eigenvalue weighted by Crippen LogP contribution is -2.52. The number of carbonyl (C=O) groups is 1. The highest BCUT2D eigenvalue weighted by Gasteiger charge is 2.20. The summed E-state index contributed by atoms with van der Waals surface area (Å²) in [4.78, 5) is 14.3. The number of nitrogens with one attached hydrogen (secondary N) is 2. The SMILES string of the molecule is Cc1n[nH]c(C)c1C(=O)NN1CCN(C)CC1. The van der Waals surface area contributed by atoms with Gasteiger partial charge in [0.1, 0.15) is 0 Å². The zero-order valence-electron chi connectivity index (χ0n) is 10.6. The van der Waals surface area contributed by atoms with Gasteiger partial charge >= 0.3 is 0 Å². The lowest BCUT2D eigenvalue weighted by Gasteiger charge is -2.32. The number of hydrogen-bond donors (Lipinski definition) is 2. The minimum Gasteiger partial charge on any atom is -0.304 e. The first-order chi connectivity index (χ1) is 8.08. The first-order valence-electron chi connectivity index (χ1n) is 5.84. The Balaban J connectivity index is 1.98. The first kappa shape index (κ1) is 12.1. The summed E-state index contributed by atoms with van der Waals surface area (Å²) in [7, 11) is 2.09. The standard InChI is InChI=1S/C11H19N5O/c1-8-10(9(2)13-12-8)11(17)14-16-6-4-15(3)5-7-16/h4-7H2,1-3H3,(H,12,13)(H,14,17). The zero-order valence-corrected chi connectivity index (χ0v) is 10.6. The highest BCUT2D eigenvalue weighted by atomic mass is 16.2. The van der Waals surface area contributed by atoms with Crippen LogP contribution in [0.2, 0.25) is 0 Å². The van der Waals surface area contributed by atoms with Crippen LogP contribution >= 0.6 is 0 Å². The zero-order chi connectivity index (χ0) is 12.4. The van der Waals surface area contributed by atoms with Crippen LogP contribution in [0.25, 0.3) is 0 Å². The predicted octanol–water partition coefficient (Wildman–Crippen LogP) is -0.0813. The van der Waals surface area contributed by atoms with Gasteiger partial charge in [-0.2, -0.15) is 5.10 Å². The van der Waals surface area contributed by atoms with E-state index in [2.05, 4.69) is 27.6 Å². The van der Waals surface area contributed by atoms with E-state index in [1.165, 1.54) is 0 Å². The molecule has 1 aromatic rings. The van der Waals surface area contributed by atoms with Gasteiger partial charge in [-0.1, -0.05) is 0 Å². The molecule has 1 aliphatic heterocycles. The van der Waals surface area contributed by atoms with Crippen LogP contribution in [-0.2, 0) is 0 Å². The van der Waals surface area contributed by atoms with E-state index >= 15 is 0 Å². The summed E-state index contributed by atoms with van der Waals surface area (Å²) >= 11 is 0. The molecule has 17 heavy (non-hydrogen) atoms. The molecule has 1 fully saturated rings. The molecule has 1 saturated heterocycles. The maximum Gasteiger partial charge on any atom is 0.269 e. The lowest BCUT2D eigenvalue weighted by molar-refractivity contribution is 0.0661. The summed E-state index contributed by atoms with van der Waals surface area (Å²) in [5.41, 5.74) is 5.15. The van der Waals surface area contributed by atoms with Crippen LogP contribution < -0.4 is 5.43 Å². The molecule has 0 atom stereocenters. The molecule has 0 saturated carbocycles. The van der Waals surface area contributed by atoms with Crippen molar-refractivity contribution in [2.24, 2.45) is 0 Å². The van der Waals surface area contributed by atoms with E-state index in [4.69, 9.17) is 0 Å². The fourth-order valence-electron chi connectivity index (χ4n) is 2.00. The van der Waals surface area contributed by atoms with Crippen molar-refractivity contribution in [2.75, 3.05) is 33.2 Å². The van der Waals surface area contributed by atoms with Crippen molar-refractivity contribution in [3.05, 3.63) is 17.0 Å². The third kappa shape index (κ3) is 2.65. The number of amides is 1. The second-order valence-electron chi connectivity index (χ2n) is 4.54. The quantitative estimate of drug-likeness (QED) is 0.755. The largest absolute Gasteiger partial charge is 0.304 e. The molecule has 2 heterocycles. The summed E-state index contributed by atoms with van der Waals surface area (Å²) in [6.45, 7) is 7.37. The van der Waals surface area contributed by atoms with Crippen molar-refractivity contribution in [1.82, 2.24) is 25.5 Å². The molecule has 1 amide bonds. The van der Waals surface area contributed by atoms with Crippen LogP contribution in [0.4, 0.5) is 0 Å². The molecule has 6 nitrogen and oxygen atoms in total. The second kappa shape index (κ2) is 4.85. The van der Waals surface area contributed by atoms with Crippen LogP contribution in [-0.4, -0.2) is 59.2 Å². The Bertz CT molecular complexity index is 386. The van der Waals surface area contributed by atoms with E-state index in [1.807, 2.05) is 18.9 Å². The molecule has 0 aromatic carbocycles. The number of hydrogen-bond acceptors (Lipinski definition) is 4. The maximum absolute atomic E-state index is 12.1. The number of likely N-dealkylation sites (N-methyl/N-ethyl adjacent to an activating group) is 1. The van der Waals surface area contributed by atoms with Gasteiger partial charge in [-0.15, -0.1) is 0 Å². The van der Waals surface area contributed by atoms with E-state index in [9.17, 15) is 4.79 Å². The van der Waals surface area contributed by atoms with Gasteiger partial charge in [0.05, 0.1) is 11.3 Å². The third-order valence-corrected chi connectivity index (χ3v) is 3.12. The van der Waals surface area contributed by atoms with Crippen molar-refractivity contribution in [3.8, 4) is 0 Å². The van der Waals surface area contributed by atoms with Crippen LogP contribution in [0.1, 0.15) is 21.7 Å². The minimum absolute atomic E-state index is 0.0710. The fraction of sp³-hybridized carbons (Fsp3) is 0.636. The van der Waals surface area contributed by atoms with Gasteiger partial charge in [0, 0.05) is 31.9 Å². The number of aromatic nitrogens is 2. The number of nitrogens with zero attached hydrogens (tertiary/aromatic N) is 3. The van der Waals surface area contributed by atoms with Gasteiger partial charge < -0.3 is 4.90 Å². The average molecular weight is 237 g/mol. The second-order valence-corrected chi connectivity index (χ2v) is 4.54. The molecular formula is C11H19N5O. The first-order valence-corrected chi connectivity index (χ1v) is 5.84. The molecular weight excluding hydrogens is 218 g/mol. The average Bonchev–Trinajstić information content (AvgIpc) is 2.62. The normalized spacial score (nSPS) is 18.3. The number of rotatable bonds is 2. The van der Waals surface area contributed by atoms with E-state index in [0.29, 0.717) is 5.56 Å². The molecule has 2 N–H and O–H groups in total. The number of hydrazine groups is 1. The molecule has 0 unspecified atom stereocenters. The predicted molar refractivity (Wildman–Crippen MR) is 64.6 cm³/mol. The molecule has 0 bridgehead atoms. The van der Waals surface area contributed by atoms with Crippen molar-refractivity contribution < 1.29 is 4.79 Å². The van der Waals surface area contributed by atoms with Crippen LogP contribution in [0.5, 0.6) is 0 Å². The molecule has 2 rings (SSSR count). The summed E-state index contributed by atoms with van der Waals surface area (Å²) in [6, 6.07) is 0. The van der Waals surface area contributed by atoms with Crippen molar-refractivity contribution in [1.29, 1.82) is 0 Å². The summed E-state index contributed by atoms with van der Waals surface area (Å²) in [6.07, 6.45) is 0. The van der Waals surface area contributed by atoms with Gasteiger partial charge in [-0.05, 0) is 20.9 Å². The minimum atomic E-state index is -0.0710. The van der Waals surface area contributed by atoms with Gasteiger partial charge in [0.25, 0.3) is 5.91 Å². The Kier molecular flexibility index (Phi) is 3.44. The van der Waals surface area contributed by atoms with Crippen molar-refractivity contribution in [3.63, 3.8) is 0 Å². The fourth-order valence-corrected chi connectivity index (χ4v) is 2.00. The monoisotopic (exact) mass is 237 g/mol. The Morgan fingerprint density at radius 3 is 2.47 bits per heavy atom. The van der Waals surface area contributed by atoms with Crippen LogP contribution in [0, 0.1) is 13.8 Å². The van der Waals surface area contributed by atoms with E-state index in [-0.39, 0.29) is 5.91 Å². The topological polar surface area (TPSA) is 64.3 Å². The molecule has 0 spiro atoms. The Labute approximate surface area is 101 Å². The summed E-state index contributed by atoms with van der Waals surface area (Å²) in [5, 5.41) is 8.82. The maximum atomic E-state index is 12.1. The van der Waals surface area contributed by atoms with Crippen LogP contribution in [0.15, 0.2) is 0 Å². The van der Waals surface area contributed by atoms with Crippen molar-refractivity contribution >= 4 is 5.91 Å². The molecule has 94 valence electrons. The smallest absolute Gasteiger partial charge is 0.269 e. The molecule has 6 heteroatoms. The Morgan fingerprint density at radius 1 is 1.29 bits per heavy atom. The van der Waals surface area contributed by atoms with E-state index in [1.54, 1.807) is 0 Å². The van der Waals surface area contributed by atoms with Crippen LogP contribution in [0.3, 0.4) is 0 Å². The third-order valence-electron chi connectivity index (χ3n) is 3.12. The van der Waals surface area contributed by atoms with Gasteiger partial charge in [0.15, 0.2) is 0 Å². The Morgan fingerprint density at radius 2 is 1.94 bits per heavy atom. The molecule has 0 radical (unpaired) electrons. The lowest BCUT2D eigenvalue weighted by atomic mass is 10.2.